The molecule has 0 atom stereocenters. The van der Waals surface area contributed by atoms with E-state index in [1.54, 1.807) is 0 Å². The van der Waals surface area contributed by atoms with E-state index in [1.165, 1.54) is 16.7 Å². The van der Waals surface area contributed by atoms with E-state index in [-0.39, 0.29) is 5.97 Å². The van der Waals surface area contributed by atoms with Gasteiger partial charge in [0.15, 0.2) is 0 Å². The van der Waals surface area contributed by atoms with Gasteiger partial charge in [-0.25, -0.2) is 0 Å². The normalized spacial score (nSPS) is 11.2. The summed E-state index contributed by atoms with van der Waals surface area (Å²) < 4.78 is 6.66. The standard InChI is InChI=1S/C15H19NO2Se/c1-4-16(3)9-8-12-10-19-14-7-5-6-13(15(12)14)18-11(2)17/h5-7,10H,4,8-9H2,1-3H3. The molecule has 0 N–H and O–H groups in total. The van der Waals surface area contributed by atoms with Crippen molar-refractivity contribution in [3.05, 3.63) is 28.7 Å². The Kier molecular flexibility index (Phi) is 4.81. The molecule has 0 unspecified atom stereocenters. The molecular formula is C15H19NO2Se. The van der Waals surface area contributed by atoms with Crippen LogP contribution < -0.4 is 4.74 Å². The van der Waals surface area contributed by atoms with Crippen molar-refractivity contribution in [2.75, 3.05) is 20.1 Å². The maximum absolute atomic E-state index is 11.2. The number of fused-ring (bicyclic) bond motifs is 1. The number of esters is 1. The van der Waals surface area contributed by atoms with Gasteiger partial charge in [0.05, 0.1) is 0 Å². The van der Waals surface area contributed by atoms with Gasteiger partial charge in [-0.2, -0.15) is 0 Å². The first-order valence-corrected chi connectivity index (χ1v) is 8.32. The number of nitrogens with zero attached hydrogens (tertiary/aromatic N) is 1. The van der Waals surface area contributed by atoms with Crippen molar-refractivity contribution in [1.82, 2.24) is 4.90 Å². The van der Waals surface area contributed by atoms with E-state index in [4.69, 9.17) is 4.74 Å². The van der Waals surface area contributed by atoms with Crippen molar-refractivity contribution in [3.63, 3.8) is 0 Å². The molecule has 2 aromatic rings. The van der Waals surface area contributed by atoms with Crippen LogP contribution in [0.1, 0.15) is 19.4 Å². The third-order valence-electron chi connectivity index (χ3n) is 3.19. The first-order chi connectivity index (χ1) is 9.11. The molecule has 0 aliphatic heterocycles. The number of hydrogen-bond donors (Lipinski definition) is 0. The second kappa shape index (κ2) is 6.38. The Labute approximate surface area is 119 Å². The molecule has 0 radical (unpaired) electrons. The molecule has 2 rings (SSSR count). The van der Waals surface area contributed by atoms with Gasteiger partial charge in [0, 0.05) is 0 Å². The van der Waals surface area contributed by atoms with Crippen LogP contribution in [0.5, 0.6) is 5.75 Å². The van der Waals surface area contributed by atoms with Gasteiger partial charge >= 0.3 is 119 Å². The first-order valence-electron chi connectivity index (χ1n) is 6.48. The zero-order valence-electron chi connectivity index (χ0n) is 11.6. The Morgan fingerprint density at radius 3 is 2.89 bits per heavy atom. The Hall–Kier alpha value is -1.09. The van der Waals surface area contributed by atoms with Crippen molar-refractivity contribution >= 4 is 30.1 Å². The van der Waals surface area contributed by atoms with E-state index in [1.807, 2.05) is 12.1 Å². The Bertz CT molecular complexity index is 577. The summed E-state index contributed by atoms with van der Waals surface area (Å²) in [6, 6.07) is 5.99. The fraction of sp³-hybridized carbons (Fsp3) is 0.400. The maximum atomic E-state index is 11.2. The van der Waals surface area contributed by atoms with Crippen LogP contribution in [0.3, 0.4) is 0 Å². The average molecular weight is 324 g/mol. The van der Waals surface area contributed by atoms with Crippen LogP contribution in [0.15, 0.2) is 23.1 Å². The average Bonchev–Trinajstić information content (AvgIpc) is 2.79. The number of hydrogen-bond acceptors (Lipinski definition) is 3. The van der Waals surface area contributed by atoms with Crippen molar-refractivity contribution in [2.24, 2.45) is 0 Å². The Balaban J connectivity index is 2.31. The van der Waals surface area contributed by atoms with E-state index in [0.717, 1.165) is 30.6 Å². The summed E-state index contributed by atoms with van der Waals surface area (Å²) in [5.74, 6) is 0.465. The van der Waals surface area contributed by atoms with Crippen LogP contribution in [0.2, 0.25) is 0 Å². The van der Waals surface area contributed by atoms with E-state index in [2.05, 4.69) is 29.9 Å². The molecule has 0 aliphatic rings. The SMILES string of the molecule is CCN(C)CCc1c[se]c2cccc(OC(C)=O)c12. The van der Waals surface area contributed by atoms with E-state index in [0.29, 0.717) is 14.5 Å². The van der Waals surface area contributed by atoms with Crippen molar-refractivity contribution in [2.45, 2.75) is 20.3 Å². The number of likely N-dealkylation sites (N-methyl/N-ethyl adjacent to an activating group) is 1. The molecule has 0 bridgehead atoms. The predicted octanol–water partition coefficient (Wildman–Crippen LogP) is 2.32. The Morgan fingerprint density at radius 2 is 2.21 bits per heavy atom. The summed E-state index contributed by atoms with van der Waals surface area (Å²) in [5, 5.41) is 1.15. The summed E-state index contributed by atoms with van der Waals surface area (Å²) in [4.78, 5) is 15.8. The quantitative estimate of drug-likeness (QED) is 0.480. The molecular weight excluding hydrogens is 305 g/mol. The summed E-state index contributed by atoms with van der Waals surface area (Å²) in [7, 11) is 2.12. The van der Waals surface area contributed by atoms with Gasteiger partial charge in [0.2, 0.25) is 0 Å². The molecule has 0 saturated carbocycles. The number of carbonyl (C=O) groups is 1. The van der Waals surface area contributed by atoms with Crippen LogP contribution in [0.25, 0.3) is 9.65 Å². The summed E-state index contributed by atoms with van der Waals surface area (Å²) >= 11 is 0.367. The van der Waals surface area contributed by atoms with Crippen molar-refractivity contribution in [1.29, 1.82) is 0 Å². The zero-order valence-corrected chi connectivity index (χ0v) is 13.3. The van der Waals surface area contributed by atoms with Crippen LogP contribution >= 0.6 is 0 Å². The number of rotatable bonds is 5. The van der Waals surface area contributed by atoms with Gasteiger partial charge in [-0.1, -0.05) is 0 Å². The predicted molar refractivity (Wildman–Crippen MR) is 79.1 cm³/mol. The van der Waals surface area contributed by atoms with Crippen molar-refractivity contribution < 1.29 is 9.53 Å². The Morgan fingerprint density at radius 1 is 1.42 bits per heavy atom. The van der Waals surface area contributed by atoms with Gasteiger partial charge in [0.25, 0.3) is 0 Å². The second-order valence-electron chi connectivity index (χ2n) is 4.63. The molecule has 1 aromatic heterocycles. The van der Waals surface area contributed by atoms with Crippen LogP contribution in [0.4, 0.5) is 0 Å². The minimum atomic E-state index is -0.252. The van der Waals surface area contributed by atoms with E-state index < -0.39 is 0 Å². The van der Waals surface area contributed by atoms with Gasteiger partial charge in [-0.05, 0) is 0 Å². The summed E-state index contributed by atoms with van der Waals surface area (Å²) in [5.41, 5.74) is 1.33. The molecule has 0 amide bonds. The van der Waals surface area contributed by atoms with Gasteiger partial charge in [-0.15, -0.1) is 0 Å². The van der Waals surface area contributed by atoms with Crippen LogP contribution in [-0.4, -0.2) is 45.5 Å². The molecule has 4 heteroatoms. The fourth-order valence-electron chi connectivity index (χ4n) is 2.01. The third kappa shape index (κ3) is 3.47. The van der Waals surface area contributed by atoms with Gasteiger partial charge in [0.1, 0.15) is 0 Å². The number of benzene rings is 1. The molecule has 0 fully saturated rings. The molecule has 1 aromatic carbocycles. The summed E-state index contributed by atoms with van der Waals surface area (Å²) in [6.07, 6.45) is 1.01. The van der Waals surface area contributed by atoms with E-state index in [9.17, 15) is 4.79 Å². The topological polar surface area (TPSA) is 29.5 Å². The van der Waals surface area contributed by atoms with E-state index >= 15 is 0 Å². The van der Waals surface area contributed by atoms with Crippen LogP contribution in [-0.2, 0) is 11.2 Å². The second-order valence-corrected chi connectivity index (χ2v) is 6.54. The molecule has 0 spiro atoms. The number of carbonyl (C=O) groups excluding carboxylic acids is 1. The number of ether oxygens (including phenoxy) is 1. The minimum absolute atomic E-state index is 0.252. The van der Waals surface area contributed by atoms with Gasteiger partial charge < -0.3 is 0 Å². The molecule has 0 aliphatic carbocycles. The zero-order chi connectivity index (χ0) is 13.8. The molecule has 3 nitrogen and oxygen atoms in total. The molecule has 0 saturated heterocycles. The van der Waals surface area contributed by atoms with Crippen molar-refractivity contribution in [3.8, 4) is 5.75 Å². The third-order valence-corrected chi connectivity index (χ3v) is 5.28. The molecule has 19 heavy (non-hydrogen) atoms. The molecule has 102 valence electrons. The molecule has 1 heterocycles. The van der Waals surface area contributed by atoms with Crippen LogP contribution in [0, 0.1) is 0 Å². The summed E-state index contributed by atoms with van der Waals surface area (Å²) in [6.45, 7) is 5.70. The monoisotopic (exact) mass is 325 g/mol. The fourth-order valence-corrected chi connectivity index (χ4v) is 4.13. The van der Waals surface area contributed by atoms with Gasteiger partial charge in [-0.3, -0.25) is 0 Å². The first kappa shape index (κ1) is 14.3.